The van der Waals surface area contributed by atoms with E-state index in [1.165, 1.54) is 0 Å². The molecule has 0 aliphatic carbocycles. The lowest BCUT2D eigenvalue weighted by atomic mass is 10.2. The first-order valence-electron chi connectivity index (χ1n) is 8.26. The highest BCUT2D eigenvalue weighted by atomic mass is 16.5. The number of aromatic nitrogens is 3. The Balaban J connectivity index is 1.76. The Labute approximate surface area is 157 Å². The van der Waals surface area contributed by atoms with Gasteiger partial charge in [0.2, 0.25) is 11.7 Å². The summed E-state index contributed by atoms with van der Waals surface area (Å²) in [6.07, 6.45) is 5.21. The number of hydrogen-bond acceptors (Lipinski definition) is 8. The number of rotatable bonds is 8. The van der Waals surface area contributed by atoms with E-state index in [1.807, 2.05) is 24.3 Å². The first-order chi connectivity index (χ1) is 13.2. The minimum Gasteiger partial charge on any atom is -0.493 e. The molecule has 27 heavy (non-hydrogen) atoms. The molecule has 0 aliphatic rings. The van der Waals surface area contributed by atoms with Gasteiger partial charge < -0.3 is 24.8 Å². The van der Waals surface area contributed by atoms with E-state index in [-0.39, 0.29) is 0 Å². The zero-order chi connectivity index (χ0) is 19.1. The Morgan fingerprint density at radius 2 is 1.74 bits per heavy atom. The van der Waals surface area contributed by atoms with E-state index in [0.29, 0.717) is 35.6 Å². The molecule has 0 fully saturated rings. The van der Waals surface area contributed by atoms with E-state index in [9.17, 15) is 0 Å². The van der Waals surface area contributed by atoms with Crippen molar-refractivity contribution in [2.75, 3.05) is 32.0 Å². The Morgan fingerprint density at radius 3 is 2.37 bits per heavy atom. The molecule has 3 aromatic rings. The van der Waals surface area contributed by atoms with Gasteiger partial charge in [-0.3, -0.25) is 4.98 Å². The van der Waals surface area contributed by atoms with E-state index in [1.54, 1.807) is 46.0 Å². The topological polar surface area (TPSA) is 90.4 Å². The molecule has 2 N–H and O–H groups in total. The minimum absolute atomic E-state index is 0.510. The van der Waals surface area contributed by atoms with E-state index in [4.69, 9.17) is 14.2 Å². The van der Waals surface area contributed by atoms with Crippen LogP contribution in [0.3, 0.4) is 0 Å². The van der Waals surface area contributed by atoms with Gasteiger partial charge in [0, 0.05) is 43.0 Å². The SMILES string of the molecule is COc1cc(Nc2ccnc(NCc3cccnc3)n2)cc(OC)c1OC. The number of nitrogens with one attached hydrogen (secondary N) is 2. The maximum atomic E-state index is 5.37. The first kappa shape index (κ1) is 18.2. The van der Waals surface area contributed by atoms with Gasteiger partial charge in [-0.2, -0.15) is 4.98 Å². The van der Waals surface area contributed by atoms with Crippen LogP contribution in [0.25, 0.3) is 0 Å². The maximum absolute atomic E-state index is 5.37. The number of ether oxygens (including phenoxy) is 3. The van der Waals surface area contributed by atoms with Crippen molar-refractivity contribution in [1.82, 2.24) is 15.0 Å². The van der Waals surface area contributed by atoms with Gasteiger partial charge in [0.05, 0.1) is 21.3 Å². The summed E-state index contributed by atoms with van der Waals surface area (Å²) in [4.78, 5) is 12.8. The quantitative estimate of drug-likeness (QED) is 0.627. The maximum Gasteiger partial charge on any atom is 0.224 e. The lowest BCUT2D eigenvalue weighted by molar-refractivity contribution is 0.324. The molecule has 1 aromatic carbocycles. The van der Waals surface area contributed by atoms with Crippen LogP contribution in [0.15, 0.2) is 48.9 Å². The number of benzene rings is 1. The molecule has 8 nitrogen and oxygen atoms in total. The zero-order valence-electron chi connectivity index (χ0n) is 15.4. The fraction of sp³-hybridized carbons (Fsp3) is 0.211. The average molecular weight is 367 g/mol. The van der Waals surface area contributed by atoms with Crippen molar-refractivity contribution >= 4 is 17.5 Å². The average Bonchev–Trinajstić information content (AvgIpc) is 2.72. The Kier molecular flexibility index (Phi) is 5.88. The van der Waals surface area contributed by atoms with Crippen LogP contribution >= 0.6 is 0 Å². The Morgan fingerprint density at radius 1 is 0.963 bits per heavy atom. The van der Waals surface area contributed by atoms with E-state index < -0.39 is 0 Å². The molecule has 0 spiro atoms. The smallest absolute Gasteiger partial charge is 0.224 e. The molecule has 0 saturated heterocycles. The van der Waals surface area contributed by atoms with Crippen molar-refractivity contribution in [2.24, 2.45) is 0 Å². The largest absolute Gasteiger partial charge is 0.493 e. The number of nitrogens with zero attached hydrogens (tertiary/aromatic N) is 3. The summed E-state index contributed by atoms with van der Waals surface area (Å²) >= 11 is 0. The number of hydrogen-bond donors (Lipinski definition) is 2. The van der Waals surface area contributed by atoms with Gasteiger partial charge in [-0.25, -0.2) is 4.98 Å². The standard InChI is InChI=1S/C19H21N5O3/c1-25-15-9-14(10-16(26-2)18(15)27-3)23-17-6-8-21-19(24-17)22-12-13-5-4-7-20-11-13/h4-11H,12H2,1-3H3,(H2,21,22,23,24). The number of pyridine rings is 1. The fourth-order valence-electron chi connectivity index (χ4n) is 2.50. The summed E-state index contributed by atoms with van der Waals surface area (Å²) in [7, 11) is 4.72. The molecule has 0 aliphatic heterocycles. The predicted octanol–water partition coefficient (Wildman–Crippen LogP) is 3.25. The summed E-state index contributed by atoms with van der Waals surface area (Å²) in [5, 5.41) is 6.40. The van der Waals surface area contributed by atoms with Crippen molar-refractivity contribution in [1.29, 1.82) is 0 Å². The molecule has 3 rings (SSSR count). The van der Waals surface area contributed by atoms with E-state index in [2.05, 4.69) is 25.6 Å². The van der Waals surface area contributed by atoms with E-state index >= 15 is 0 Å². The summed E-state index contributed by atoms with van der Waals surface area (Å²) < 4.78 is 16.1. The predicted molar refractivity (Wildman–Crippen MR) is 103 cm³/mol. The van der Waals surface area contributed by atoms with Crippen molar-refractivity contribution < 1.29 is 14.2 Å². The number of anilines is 3. The summed E-state index contributed by atoms with van der Waals surface area (Å²) in [6, 6.07) is 9.27. The highest BCUT2D eigenvalue weighted by Gasteiger charge is 2.13. The van der Waals surface area contributed by atoms with Gasteiger partial charge in [-0.15, -0.1) is 0 Å². The van der Waals surface area contributed by atoms with Crippen LogP contribution in [-0.2, 0) is 6.54 Å². The van der Waals surface area contributed by atoms with Gasteiger partial charge >= 0.3 is 0 Å². The monoisotopic (exact) mass is 367 g/mol. The summed E-state index contributed by atoms with van der Waals surface area (Å²) in [5.41, 5.74) is 1.80. The van der Waals surface area contributed by atoms with E-state index in [0.717, 1.165) is 11.3 Å². The highest BCUT2D eigenvalue weighted by molar-refractivity contribution is 5.66. The fourth-order valence-corrected chi connectivity index (χ4v) is 2.50. The van der Waals surface area contributed by atoms with Gasteiger partial charge in [0.1, 0.15) is 5.82 Å². The second kappa shape index (κ2) is 8.70. The van der Waals surface area contributed by atoms with Crippen LogP contribution in [-0.4, -0.2) is 36.3 Å². The molecule has 0 atom stereocenters. The molecule has 2 aromatic heterocycles. The van der Waals surface area contributed by atoms with Crippen molar-refractivity contribution in [3.63, 3.8) is 0 Å². The molecule has 140 valence electrons. The molecule has 0 unspecified atom stereocenters. The third kappa shape index (κ3) is 4.55. The minimum atomic E-state index is 0.510. The van der Waals surface area contributed by atoms with Crippen LogP contribution in [0.1, 0.15) is 5.56 Å². The highest BCUT2D eigenvalue weighted by Crippen LogP contribution is 2.40. The van der Waals surface area contributed by atoms with Crippen molar-refractivity contribution in [2.45, 2.75) is 6.54 Å². The third-order valence-corrected chi connectivity index (χ3v) is 3.77. The zero-order valence-corrected chi connectivity index (χ0v) is 15.4. The molecule has 0 radical (unpaired) electrons. The summed E-state index contributed by atoms with van der Waals surface area (Å²) in [5.74, 6) is 2.79. The second-order valence-electron chi connectivity index (χ2n) is 5.52. The molecule has 0 bridgehead atoms. The van der Waals surface area contributed by atoms with Crippen LogP contribution in [0.4, 0.5) is 17.5 Å². The molecule has 0 saturated carbocycles. The first-order valence-corrected chi connectivity index (χ1v) is 8.26. The second-order valence-corrected chi connectivity index (χ2v) is 5.52. The van der Waals surface area contributed by atoms with Crippen LogP contribution < -0.4 is 24.8 Å². The summed E-state index contributed by atoms with van der Waals surface area (Å²) in [6.45, 7) is 0.585. The lowest BCUT2D eigenvalue weighted by Crippen LogP contribution is -2.05. The normalized spacial score (nSPS) is 10.2. The Hall–Kier alpha value is -3.55. The lowest BCUT2D eigenvalue weighted by Gasteiger charge is -2.15. The van der Waals surface area contributed by atoms with Crippen molar-refractivity contribution in [3.05, 3.63) is 54.5 Å². The molecular formula is C19H21N5O3. The van der Waals surface area contributed by atoms with Gasteiger partial charge in [0.15, 0.2) is 11.5 Å². The van der Waals surface area contributed by atoms with Gasteiger partial charge in [0.25, 0.3) is 0 Å². The van der Waals surface area contributed by atoms with Crippen molar-refractivity contribution in [3.8, 4) is 17.2 Å². The van der Waals surface area contributed by atoms with Crippen LogP contribution in [0, 0.1) is 0 Å². The Bertz CT molecular complexity index is 865. The molecular weight excluding hydrogens is 346 g/mol. The van der Waals surface area contributed by atoms with Crippen LogP contribution in [0.5, 0.6) is 17.2 Å². The van der Waals surface area contributed by atoms with Gasteiger partial charge in [-0.05, 0) is 17.7 Å². The molecule has 8 heteroatoms. The van der Waals surface area contributed by atoms with Gasteiger partial charge in [-0.1, -0.05) is 6.07 Å². The molecule has 0 amide bonds. The van der Waals surface area contributed by atoms with Crippen LogP contribution in [0.2, 0.25) is 0 Å². The molecule has 2 heterocycles. The number of methoxy groups -OCH3 is 3. The third-order valence-electron chi connectivity index (χ3n) is 3.77.